The molecule has 0 unspecified atom stereocenters. The number of imidazole rings is 1. The average molecular weight is 227 g/mol. The summed E-state index contributed by atoms with van der Waals surface area (Å²) in [5.41, 5.74) is 8.20. The van der Waals surface area contributed by atoms with Crippen molar-refractivity contribution < 1.29 is 0 Å². The third kappa shape index (κ3) is 1.41. The van der Waals surface area contributed by atoms with Gasteiger partial charge in [-0.15, -0.1) is 6.42 Å². The summed E-state index contributed by atoms with van der Waals surface area (Å²) in [7, 11) is 0. The van der Waals surface area contributed by atoms with Crippen LogP contribution in [-0.2, 0) is 6.54 Å². The van der Waals surface area contributed by atoms with Crippen molar-refractivity contribution in [2.75, 3.05) is 0 Å². The minimum absolute atomic E-state index is 0.0684. The van der Waals surface area contributed by atoms with Gasteiger partial charge in [-0.1, -0.05) is 5.92 Å². The van der Waals surface area contributed by atoms with Crippen molar-refractivity contribution in [1.82, 2.24) is 14.2 Å². The second kappa shape index (κ2) is 3.39. The van der Waals surface area contributed by atoms with Crippen molar-refractivity contribution in [3.05, 3.63) is 23.7 Å². The van der Waals surface area contributed by atoms with Gasteiger partial charge in [0.25, 0.3) is 0 Å². The van der Waals surface area contributed by atoms with Gasteiger partial charge in [-0.25, -0.2) is 4.52 Å². The van der Waals surface area contributed by atoms with E-state index in [0.717, 1.165) is 29.7 Å². The summed E-state index contributed by atoms with van der Waals surface area (Å²) in [5, 5.41) is 12.2. The van der Waals surface area contributed by atoms with Gasteiger partial charge >= 0.3 is 0 Å². The molecule has 0 atom stereocenters. The number of nitrogens with one attached hydrogen (secondary N) is 1. The number of nitrogens with two attached hydrogens (primary N) is 1. The highest BCUT2D eigenvalue weighted by atomic mass is 15.3. The van der Waals surface area contributed by atoms with Gasteiger partial charge in [0.15, 0.2) is 0 Å². The molecule has 1 saturated carbocycles. The van der Waals surface area contributed by atoms with Gasteiger partial charge in [0, 0.05) is 18.3 Å². The SMILES string of the molecule is C#CCn1ccn2nc(C3CC3)c(C(=N)N)c12. The molecule has 5 heteroatoms. The Morgan fingerprint density at radius 1 is 1.59 bits per heavy atom. The van der Waals surface area contributed by atoms with Crippen molar-refractivity contribution in [2.24, 2.45) is 5.73 Å². The summed E-state index contributed by atoms with van der Waals surface area (Å²) in [5.74, 6) is 3.13. The van der Waals surface area contributed by atoms with E-state index in [-0.39, 0.29) is 5.84 Å². The molecule has 86 valence electrons. The van der Waals surface area contributed by atoms with Gasteiger partial charge in [-0.3, -0.25) is 5.41 Å². The second-order valence-electron chi connectivity index (χ2n) is 4.35. The van der Waals surface area contributed by atoms with Gasteiger partial charge in [0.2, 0.25) is 0 Å². The monoisotopic (exact) mass is 227 g/mol. The number of terminal acetylenes is 1. The molecule has 2 aromatic rings. The Bertz CT molecular complexity index is 636. The first kappa shape index (κ1) is 9.97. The number of hydrogen-bond donors (Lipinski definition) is 2. The van der Waals surface area contributed by atoms with E-state index >= 15 is 0 Å². The normalized spacial score (nSPS) is 15.0. The standard InChI is InChI=1S/C12H13N5/c1-2-5-16-6-7-17-12(16)9(11(13)14)10(15-17)8-3-4-8/h1,6-8H,3-5H2,(H3,13,14). The lowest BCUT2D eigenvalue weighted by Crippen LogP contribution is -2.14. The molecular weight excluding hydrogens is 214 g/mol. The zero-order valence-electron chi connectivity index (χ0n) is 9.35. The first-order valence-corrected chi connectivity index (χ1v) is 5.57. The fourth-order valence-corrected chi connectivity index (χ4v) is 2.16. The van der Waals surface area contributed by atoms with Crippen molar-refractivity contribution in [3.8, 4) is 12.3 Å². The van der Waals surface area contributed by atoms with Crippen LogP contribution < -0.4 is 5.73 Å². The molecule has 2 aromatic heterocycles. The maximum absolute atomic E-state index is 7.72. The van der Waals surface area contributed by atoms with Crippen molar-refractivity contribution in [2.45, 2.75) is 25.3 Å². The van der Waals surface area contributed by atoms with Crippen molar-refractivity contribution in [3.63, 3.8) is 0 Å². The molecule has 2 heterocycles. The van der Waals surface area contributed by atoms with E-state index in [1.807, 2.05) is 17.0 Å². The molecule has 0 amide bonds. The molecule has 0 spiro atoms. The molecule has 3 N–H and O–H groups in total. The summed E-state index contributed by atoms with van der Waals surface area (Å²) in [6, 6.07) is 0. The van der Waals surface area contributed by atoms with E-state index in [1.54, 1.807) is 4.52 Å². The lowest BCUT2D eigenvalue weighted by Gasteiger charge is -2.01. The Morgan fingerprint density at radius 2 is 2.35 bits per heavy atom. The van der Waals surface area contributed by atoms with Crippen LogP contribution in [0.1, 0.15) is 30.0 Å². The summed E-state index contributed by atoms with van der Waals surface area (Å²) in [6.45, 7) is 0.465. The largest absolute Gasteiger partial charge is 0.384 e. The number of fused-ring (bicyclic) bond motifs is 1. The lowest BCUT2D eigenvalue weighted by molar-refractivity contribution is 0.862. The number of amidine groups is 1. The molecule has 0 aliphatic heterocycles. The van der Waals surface area contributed by atoms with Crippen LogP contribution in [-0.4, -0.2) is 20.0 Å². The topological polar surface area (TPSA) is 72.1 Å². The quantitative estimate of drug-likeness (QED) is 0.465. The van der Waals surface area contributed by atoms with Crippen molar-refractivity contribution in [1.29, 1.82) is 5.41 Å². The average Bonchev–Trinajstić information content (AvgIpc) is 2.95. The minimum Gasteiger partial charge on any atom is -0.384 e. The molecule has 5 nitrogen and oxygen atoms in total. The van der Waals surface area contributed by atoms with Gasteiger partial charge in [-0.05, 0) is 12.8 Å². The third-order valence-electron chi connectivity index (χ3n) is 3.07. The Morgan fingerprint density at radius 3 is 2.94 bits per heavy atom. The molecule has 0 radical (unpaired) electrons. The van der Waals surface area contributed by atoms with Crippen LogP contribution in [0.5, 0.6) is 0 Å². The Labute approximate surface area is 98.7 Å². The number of aromatic nitrogens is 3. The molecule has 0 bridgehead atoms. The summed E-state index contributed by atoms with van der Waals surface area (Å²) in [6.07, 6.45) is 11.3. The Balaban J connectivity index is 2.27. The van der Waals surface area contributed by atoms with Crippen LogP contribution in [0.3, 0.4) is 0 Å². The molecular formula is C12H13N5. The van der Waals surface area contributed by atoms with E-state index in [0.29, 0.717) is 12.5 Å². The summed E-state index contributed by atoms with van der Waals surface area (Å²) in [4.78, 5) is 0. The fraction of sp³-hybridized carbons (Fsp3) is 0.333. The van der Waals surface area contributed by atoms with E-state index in [1.165, 1.54) is 0 Å². The first-order chi connectivity index (χ1) is 8.22. The number of nitrogen functional groups attached to an aromatic ring is 1. The molecule has 1 fully saturated rings. The molecule has 0 saturated heterocycles. The van der Waals surface area contributed by atoms with Crippen LogP contribution in [0.4, 0.5) is 0 Å². The first-order valence-electron chi connectivity index (χ1n) is 5.57. The third-order valence-corrected chi connectivity index (χ3v) is 3.07. The van der Waals surface area contributed by atoms with E-state index in [2.05, 4.69) is 11.0 Å². The number of nitrogens with zero attached hydrogens (tertiary/aromatic N) is 3. The highest BCUT2D eigenvalue weighted by molar-refractivity contribution is 6.02. The number of rotatable bonds is 3. The van der Waals surface area contributed by atoms with Crippen LogP contribution in [0.15, 0.2) is 12.4 Å². The molecule has 3 rings (SSSR count). The highest BCUT2D eigenvalue weighted by Gasteiger charge is 2.32. The van der Waals surface area contributed by atoms with Gasteiger partial charge < -0.3 is 10.3 Å². The van der Waals surface area contributed by atoms with E-state index < -0.39 is 0 Å². The maximum atomic E-state index is 7.72. The van der Waals surface area contributed by atoms with E-state index in [9.17, 15) is 0 Å². The van der Waals surface area contributed by atoms with Crippen LogP contribution >= 0.6 is 0 Å². The maximum Gasteiger partial charge on any atom is 0.147 e. The molecule has 0 aromatic carbocycles. The molecule has 1 aliphatic carbocycles. The van der Waals surface area contributed by atoms with Crippen LogP contribution in [0.25, 0.3) is 5.65 Å². The van der Waals surface area contributed by atoms with Crippen LogP contribution in [0.2, 0.25) is 0 Å². The van der Waals surface area contributed by atoms with Gasteiger partial charge in [-0.2, -0.15) is 5.10 Å². The summed E-state index contributed by atoms with van der Waals surface area (Å²) < 4.78 is 3.66. The fourth-order valence-electron chi connectivity index (χ4n) is 2.16. The lowest BCUT2D eigenvalue weighted by atomic mass is 10.1. The summed E-state index contributed by atoms with van der Waals surface area (Å²) >= 11 is 0. The second-order valence-corrected chi connectivity index (χ2v) is 4.35. The molecule has 1 aliphatic rings. The molecule has 17 heavy (non-hydrogen) atoms. The Hall–Kier alpha value is -2.22. The minimum atomic E-state index is 0.0684. The number of hydrogen-bond acceptors (Lipinski definition) is 2. The predicted octanol–water partition coefficient (Wildman–Crippen LogP) is 0.930. The van der Waals surface area contributed by atoms with Gasteiger partial charge in [0.1, 0.15) is 11.5 Å². The predicted molar refractivity (Wildman–Crippen MR) is 65.0 cm³/mol. The zero-order valence-corrected chi connectivity index (χ0v) is 9.35. The highest BCUT2D eigenvalue weighted by Crippen LogP contribution is 2.41. The smallest absolute Gasteiger partial charge is 0.147 e. The van der Waals surface area contributed by atoms with Gasteiger partial charge in [0.05, 0.1) is 17.8 Å². The zero-order chi connectivity index (χ0) is 12.0. The van der Waals surface area contributed by atoms with E-state index in [4.69, 9.17) is 17.6 Å². The Kier molecular flexibility index (Phi) is 1.99. The van der Waals surface area contributed by atoms with Crippen LogP contribution in [0, 0.1) is 17.8 Å². The van der Waals surface area contributed by atoms with Crippen molar-refractivity contribution >= 4 is 11.5 Å².